The van der Waals surface area contributed by atoms with Crippen molar-refractivity contribution in [3.63, 3.8) is 0 Å². The van der Waals surface area contributed by atoms with Crippen LogP contribution >= 0.6 is 0 Å². The van der Waals surface area contributed by atoms with E-state index in [1.165, 1.54) is 0 Å². The zero-order valence-corrected chi connectivity index (χ0v) is 11.6. The molecular formula is C12H25N5. The Bertz CT molecular complexity index is 358. The zero-order chi connectivity index (χ0) is 13.1. The number of hydrogen-bond acceptors (Lipinski definition) is 4. The molecule has 1 aromatic rings. The number of nitrogens with one attached hydrogen (secondary N) is 1. The Hall–Kier alpha value is -0.940. The predicted molar refractivity (Wildman–Crippen MR) is 69.6 cm³/mol. The van der Waals surface area contributed by atoms with Gasteiger partial charge >= 0.3 is 0 Å². The van der Waals surface area contributed by atoms with Gasteiger partial charge in [0.15, 0.2) is 0 Å². The molecule has 0 spiro atoms. The van der Waals surface area contributed by atoms with Gasteiger partial charge in [0.05, 0.1) is 6.54 Å². The molecule has 0 radical (unpaired) electrons. The average molecular weight is 239 g/mol. The summed E-state index contributed by atoms with van der Waals surface area (Å²) in [5.41, 5.74) is 5.79. The highest BCUT2D eigenvalue weighted by atomic mass is 15.3. The number of nitrogens with two attached hydrogens (primary N) is 1. The first-order valence-electron chi connectivity index (χ1n) is 6.28. The van der Waals surface area contributed by atoms with E-state index in [-0.39, 0.29) is 5.54 Å². The van der Waals surface area contributed by atoms with Gasteiger partial charge in [0.1, 0.15) is 11.6 Å². The van der Waals surface area contributed by atoms with Gasteiger partial charge in [-0.2, -0.15) is 0 Å². The number of nitrogens with zero attached hydrogens (tertiary/aromatic N) is 3. The topological polar surface area (TPSA) is 68.8 Å². The first kappa shape index (κ1) is 14.1. The van der Waals surface area contributed by atoms with Gasteiger partial charge in [-0.05, 0) is 26.7 Å². The number of aromatic nitrogens is 3. The zero-order valence-electron chi connectivity index (χ0n) is 11.6. The minimum absolute atomic E-state index is 0.0571. The molecule has 1 unspecified atom stereocenters. The van der Waals surface area contributed by atoms with Gasteiger partial charge in [-0.3, -0.25) is 0 Å². The largest absolute Gasteiger partial charge is 0.329 e. The SMILES string of the molecule is CCn1c(C)nnc1CNC(C)(CN)C(C)C. The van der Waals surface area contributed by atoms with E-state index in [1.54, 1.807) is 0 Å². The van der Waals surface area contributed by atoms with Crippen LogP contribution in [-0.2, 0) is 13.1 Å². The summed E-state index contributed by atoms with van der Waals surface area (Å²) in [6.45, 7) is 12.8. The van der Waals surface area contributed by atoms with Gasteiger partial charge in [-0.1, -0.05) is 13.8 Å². The molecule has 5 heteroatoms. The maximum atomic E-state index is 5.84. The summed E-state index contributed by atoms with van der Waals surface area (Å²) >= 11 is 0. The average Bonchev–Trinajstić information content (AvgIpc) is 2.66. The van der Waals surface area contributed by atoms with Gasteiger partial charge < -0.3 is 15.6 Å². The Kier molecular flexibility index (Phi) is 4.65. The summed E-state index contributed by atoms with van der Waals surface area (Å²) in [5.74, 6) is 2.42. The summed E-state index contributed by atoms with van der Waals surface area (Å²) in [4.78, 5) is 0. The van der Waals surface area contributed by atoms with E-state index in [2.05, 4.69) is 47.8 Å². The number of rotatable bonds is 6. The molecule has 98 valence electrons. The van der Waals surface area contributed by atoms with Crippen LogP contribution in [0, 0.1) is 12.8 Å². The molecule has 0 aliphatic heterocycles. The smallest absolute Gasteiger partial charge is 0.147 e. The maximum Gasteiger partial charge on any atom is 0.147 e. The molecule has 0 amide bonds. The van der Waals surface area contributed by atoms with Crippen LogP contribution in [0.2, 0.25) is 0 Å². The van der Waals surface area contributed by atoms with Crippen molar-refractivity contribution in [1.82, 2.24) is 20.1 Å². The van der Waals surface area contributed by atoms with Gasteiger partial charge in [0, 0.05) is 18.6 Å². The summed E-state index contributed by atoms with van der Waals surface area (Å²) in [6.07, 6.45) is 0. The Morgan fingerprint density at radius 1 is 1.41 bits per heavy atom. The third-order valence-electron chi connectivity index (χ3n) is 3.68. The molecule has 1 aromatic heterocycles. The third-order valence-corrected chi connectivity index (χ3v) is 3.68. The maximum absolute atomic E-state index is 5.84. The van der Waals surface area contributed by atoms with Crippen molar-refractivity contribution in [3.8, 4) is 0 Å². The molecule has 17 heavy (non-hydrogen) atoms. The lowest BCUT2D eigenvalue weighted by Gasteiger charge is -2.33. The van der Waals surface area contributed by atoms with E-state index < -0.39 is 0 Å². The molecule has 0 aliphatic carbocycles. The van der Waals surface area contributed by atoms with Crippen LogP contribution in [0.5, 0.6) is 0 Å². The molecule has 3 N–H and O–H groups in total. The molecule has 1 heterocycles. The first-order chi connectivity index (χ1) is 7.94. The second kappa shape index (κ2) is 5.60. The van der Waals surface area contributed by atoms with Crippen molar-refractivity contribution in [2.75, 3.05) is 6.54 Å². The standard InChI is InChI=1S/C12H25N5/c1-6-17-10(4)15-16-11(17)7-14-12(5,8-13)9(2)3/h9,14H,6-8,13H2,1-5H3. The van der Waals surface area contributed by atoms with E-state index in [9.17, 15) is 0 Å². The van der Waals surface area contributed by atoms with Crippen molar-refractivity contribution < 1.29 is 0 Å². The molecule has 1 rings (SSSR count). The van der Waals surface area contributed by atoms with Crippen LogP contribution in [0.3, 0.4) is 0 Å². The quantitative estimate of drug-likeness (QED) is 0.779. The highest BCUT2D eigenvalue weighted by Crippen LogP contribution is 2.15. The second-order valence-electron chi connectivity index (χ2n) is 5.04. The van der Waals surface area contributed by atoms with E-state index in [0.29, 0.717) is 19.0 Å². The molecule has 1 atom stereocenters. The highest BCUT2D eigenvalue weighted by Gasteiger charge is 2.26. The lowest BCUT2D eigenvalue weighted by molar-refractivity contribution is 0.263. The van der Waals surface area contributed by atoms with Crippen molar-refractivity contribution in [1.29, 1.82) is 0 Å². The van der Waals surface area contributed by atoms with Gasteiger partial charge in [0.25, 0.3) is 0 Å². The molecule has 5 nitrogen and oxygen atoms in total. The van der Waals surface area contributed by atoms with Crippen molar-refractivity contribution in [2.24, 2.45) is 11.7 Å². The molecule has 0 aliphatic rings. The fourth-order valence-electron chi connectivity index (χ4n) is 1.76. The lowest BCUT2D eigenvalue weighted by atomic mass is 9.88. The van der Waals surface area contributed by atoms with Gasteiger partial charge in [-0.25, -0.2) is 0 Å². The van der Waals surface area contributed by atoms with Crippen molar-refractivity contribution in [3.05, 3.63) is 11.6 Å². The molecule has 0 aromatic carbocycles. The fraction of sp³-hybridized carbons (Fsp3) is 0.833. The summed E-state index contributed by atoms with van der Waals surface area (Å²) in [5, 5.41) is 11.8. The van der Waals surface area contributed by atoms with Crippen molar-refractivity contribution >= 4 is 0 Å². The Morgan fingerprint density at radius 2 is 2.06 bits per heavy atom. The van der Waals surface area contributed by atoms with E-state index in [1.807, 2.05) is 6.92 Å². The summed E-state index contributed by atoms with van der Waals surface area (Å²) < 4.78 is 2.12. The second-order valence-corrected chi connectivity index (χ2v) is 5.04. The van der Waals surface area contributed by atoms with E-state index in [4.69, 9.17) is 5.73 Å². The Morgan fingerprint density at radius 3 is 2.53 bits per heavy atom. The van der Waals surface area contributed by atoms with E-state index in [0.717, 1.165) is 18.2 Å². The normalized spacial score (nSPS) is 15.2. The Balaban J connectivity index is 2.72. The van der Waals surface area contributed by atoms with Crippen molar-refractivity contribution in [2.45, 2.75) is 53.2 Å². The highest BCUT2D eigenvalue weighted by molar-refractivity contribution is 4.96. The van der Waals surface area contributed by atoms with Crippen LogP contribution in [-0.4, -0.2) is 26.8 Å². The Labute approximate surface area is 104 Å². The first-order valence-corrected chi connectivity index (χ1v) is 6.28. The third kappa shape index (κ3) is 3.04. The van der Waals surface area contributed by atoms with Crippen LogP contribution in [0.15, 0.2) is 0 Å². The summed E-state index contributed by atoms with van der Waals surface area (Å²) in [6, 6.07) is 0. The molecule has 0 fully saturated rings. The van der Waals surface area contributed by atoms with Crippen LogP contribution in [0.1, 0.15) is 39.3 Å². The van der Waals surface area contributed by atoms with E-state index >= 15 is 0 Å². The van der Waals surface area contributed by atoms with Crippen LogP contribution in [0.25, 0.3) is 0 Å². The lowest BCUT2D eigenvalue weighted by Crippen LogP contribution is -2.52. The molecule has 0 saturated carbocycles. The minimum atomic E-state index is -0.0571. The van der Waals surface area contributed by atoms with Crippen LogP contribution < -0.4 is 11.1 Å². The fourth-order valence-corrected chi connectivity index (χ4v) is 1.76. The van der Waals surface area contributed by atoms with Gasteiger partial charge in [-0.15, -0.1) is 10.2 Å². The minimum Gasteiger partial charge on any atom is -0.329 e. The van der Waals surface area contributed by atoms with Crippen LogP contribution in [0.4, 0.5) is 0 Å². The molecular weight excluding hydrogens is 214 g/mol. The number of aryl methyl sites for hydroxylation is 1. The summed E-state index contributed by atoms with van der Waals surface area (Å²) in [7, 11) is 0. The molecule has 0 saturated heterocycles. The number of hydrogen-bond donors (Lipinski definition) is 2. The monoisotopic (exact) mass is 239 g/mol. The van der Waals surface area contributed by atoms with Gasteiger partial charge in [0.2, 0.25) is 0 Å². The molecule has 0 bridgehead atoms. The predicted octanol–water partition coefficient (Wildman–Crippen LogP) is 1.07.